The van der Waals surface area contributed by atoms with E-state index in [1.807, 2.05) is 13.8 Å². The Labute approximate surface area is 166 Å². The summed E-state index contributed by atoms with van der Waals surface area (Å²) in [6.07, 6.45) is 3.78. The molecule has 2 rings (SSSR count). The highest BCUT2D eigenvalue weighted by atomic mass is 32.2. The molecule has 0 aromatic rings. The monoisotopic (exact) mass is 396 g/mol. The van der Waals surface area contributed by atoms with Crippen LogP contribution in [0.15, 0.2) is 0 Å². The smallest absolute Gasteiger partial charge is 0.233 e. The van der Waals surface area contributed by atoms with Crippen LogP contribution in [0, 0.1) is 23.7 Å². The van der Waals surface area contributed by atoms with E-state index in [2.05, 4.69) is 0 Å². The van der Waals surface area contributed by atoms with Crippen LogP contribution in [0.3, 0.4) is 0 Å². The summed E-state index contributed by atoms with van der Waals surface area (Å²) in [7, 11) is 3.41. The molecule has 0 radical (unpaired) electrons. The number of carbonyl (C=O) groups is 4. The number of nitrogens with zero attached hydrogens (tertiary/aromatic N) is 2. The lowest BCUT2D eigenvalue weighted by atomic mass is 9.77. The van der Waals surface area contributed by atoms with Crippen LogP contribution in [-0.4, -0.2) is 65.5 Å². The van der Waals surface area contributed by atoms with Crippen LogP contribution in [0.25, 0.3) is 0 Å². The minimum absolute atomic E-state index is 0.0151. The maximum atomic E-state index is 12.6. The number of likely N-dealkylation sites (tertiary alicyclic amines) is 1. The molecule has 152 valence electrons. The van der Waals surface area contributed by atoms with Gasteiger partial charge in [0.15, 0.2) is 0 Å². The predicted molar refractivity (Wildman–Crippen MR) is 106 cm³/mol. The summed E-state index contributed by atoms with van der Waals surface area (Å²) in [5, 5.41) is 0. The number of imide groups is 1. The third-order valence-electron chi connectivity index (χ3n) is 5.64. The van der Waals surface area contributed by atoms with Gasteiger partial charge in [0, 0.05) is 44.6 Å². The number of hydrogen-bond acceptors (Lipinski definition) is 5. The molecule has 3 amide bonds. The first-order chi connectivity index (χ1) is 12.7. The molecule has 6 nitrogen and oxygen atoms in total. The van der Waals surface area contributed by atoms with Crippen molar-refractivity contribution in [1.82, 2.24) is 9.80 Å². The van der Waals surface area contributed by atoms with Crippen LogP contribution in [0.4, 0.5) is 0 Å². The zero-order valence-electron chi connectivity index (χ0n) is 16.9. The van der Waals surface area contributed by atoms with Gasteiger partial charge < -0.3 is 4.90 Å². The largest absolute Gasteiger partial charge is 0.348 e. The standard InChI is InChI=1S/C20H32N2O4S/c1-13(2)19(25)15-7-5-14(6-8-15)10-22-17(23)9-16(20(22)26)11-27-12-18(24)21(3)4/h13-16H,5-12H2,1-4H3/t14-,15-,16?. The van der Waals surface area contributed by atoms with Gasteiger partial charge in [-0.05, 0) is 31.6 Å². The number of amides is 3. The fraction of sp³-hybridized carbons (Fsp3) is 0.800. The molecule has 1 unspecified atom stereocenters. The molecular weight excluding hydrogens is 364 g/mol. The van der Waals surface area contributed by atoms with Gasteiger partial charge >= 0.3 is 0 Å². The van der Waals surface area contributed by atoms with Crippen molar-refractivity contribution >= 4 is 35.3 Å². The van der Waals surface area contributed by atoms with Crippen LogP contribution in [-0.2, 0) is 19.2 Å². The van der Waals surface area contributed by atoms with E-state index in [-0.39, 0.29) is 41.9 Å². The topological polar surface area (TPSA) is 74.8 Å². The molecule has 0 N–H and O–H groups in total. The summed E-state index contributed by atoms with van der Waals surface area (Å²) >= 11 is 1.42. The summed E-state index contributed by atoms with van der Waals surface area (Å²) in [4.78, 5) is 51.6. The van der Waals surface area contributed by atoms with Crippen LogP contribution in [0.1, 0.15) is 46.0 Å². The Morgan fingerprint density at radius 1 is 1.15 bits per heavy atom. The molecular formula is C20H32N2O4S. The summed E-state index contributed by atoms with van der Waals surface area (Å²) in [5.74, 6) is 1.22. The molecule has 2 aliphatic rings. The maximum absolute atomic E-state index is 12.6. The molecule has 1 heterocycles. The van der Waals surface area contributed by atoms with Crippen LogP contribution in [0.2, 0.25) is 0 Å². The highest BCUT2D eigenvalue weighted by Crippen LogP contribution is 2.33. The van der Waals surface area contributed by atoms with Gasteiger partial charge in [-0.1, -0.05) is 13.8 Å². The third-order valence-corrected chi connectivity index (χ3v) is 6.73. The Morgan fingerprint density at radius 2 is 1.78 bits per heavy atom. The number of rotatable bonds is 8. The quantitative estimate of drug-likeness (QED) is 0.588. The molecule has 0 aromatic carbocycles. The molecule has 1 aliphatic heterocycles. The molecule has 2 fully saturated rings. The minimum Gasteiger partial charge on any atom is -0.348 e. The van der Waals surface area contributed by atoms with Gasteiger partial charge in [-0.3, -0.25) is 24.1 Å². The Hall–Kier alpha value is -1.37. The van der Waals surface area contributed by atoms with E-state index in [1.54, 1.807) is 14.1 Å². The Kier molecular flexibility index (Phi) is 7.89. The molecule has 1 saturated heterocycles. The van der Waals surface area contributed by atoms with E-state index in [9.17, 15) is 19.2 Å². The number of hydrogen-bond donors (Lipinski definition) is 0. The fourth-order valence-electron chi connectivity index (χ4n) is 3.85. The number of thioether (sulfide) groups is 1. The zero-order valence-corrected chi connectivity index (χ0v) is 17.7. The van der Waals surface area contributed by atoms with E-state index < -0.39 is 0 Å². The summed E-state index contributed by atoms with van der Waals surface area (Å²) in [6, 6.07) is 0. The number of carbonyl (C=O) groups excluding carboxylic acids is 4. The number of ketones is 1. The second-order valence-corrected chi connectivity index (χ2v) is 9.35. The molecule has 27 heavy (non-hydrogen) atoms. The highest BCUT2D eigenvalue weighted by Gasteiger charge is 2.40. The van der Waals surface area contributed by atoms with Crippen molar-refractivity contribution in [2.45, 2.75) is 46.0 Å². The summed E-state index contributed by atoms with van der Waals surface area (Å²) < 4.78 is 0. The molecule has 7 heteroatoms. The van der Waals surface area contributed by atoms with E-state index in [0.29, 0.717) is 29.8 Å². The lowest BCUT2D eigenvalue weighted by Gasteiger charge is -2.30. The van der Waals surface area contributed by atoms with E-state index in [0.717, 1.165) is 25.7 Å². The minimum atomic E-state index is -0.309. The predicted octanol–water partition coefficient (Wildman–Crippen LogP) is 2.21. The van der Waals surface area contributed by atoms with Crippen molar-refractivity contribution in [2.24, 2.45) is 23.7 Å². The first kappa shape index (κ1) is 21.9. The van der Waals surface area contributed by atoms with Gasteiger partial charge in [-0.2, -0.15) is 11.8 Å². The SMILES string of the molecule is CC(C)C(=O)[C@H]1CC[C@H](CN2C(=O)CC(CSCC(=O)N(C)C)C2=O)CC1. The average Bonchev–Trinajstić information content (AvgIpc) is 2.89. The molecule has 1 aliphatic carbocycles. The second-order valence-electron chi connectivity index (χ2n) is 8.32. The first-order valence-corrected chi connectivity index (χ1v) is 11.0. The Balaban J connectivity index is 1.79. The average molecular weight is 397 g/mol. The van der Waals surface area contributed by atoms with Crippen molar-refractivity contribution < 1.29 is 19.2 Å². The Morgan fingerprint density at radius 3 is 2.33 bits per heavy atom. The molecule has 1 atom stereocenters. The zero-order chi connectivity index (χ0) is 20.1. The maximum Gasteiger partial charge on any atom is 0.233 e. The molecule has 0 aromatic heterocycles. The number of Topliss-reactive ketones (excluding diaryl/α,β-unsaturated/α-hetero) is 1. The van der Waals surface area contributed by atoms with Crippen molar-refractivity contribution in [3.8, 4) is 0 Å². The van der Waals surface area contributed by atoms with Gasteiger partial charge in [0.25, 0.3) is 0 Å². The van der Waals surface area contributed by atoms with E-state index in [4.69, 9.17) is 0 Å². The molecule has 1 saturated carbocycles. The van der Waals surface area contributed by atoms with Gasteiger partial charge in [-0.15, -0.1) is 0 Å². The van der Waals surface area contributed by atoms with Gasteiger partial charge in [0.05, 0.1) is 11.7 Å². The molecule has 0 spiro atoms. The van der Waals surface area contributed by atoms with E-state index in [1.165, 1.54) is 21.6 Å². The van der Waals surface area contributed by atoms with Gasteiger partial charge in [0.2, 0.25) is 17.7 Å². The van der Waals surface area contributed by atoms with Crippen LogP contribution >= 0.6 is 11.8 Å². The summed E-state index contributed by atoms with van der Waals surface area (Å²) in [5.41, 5.74) is 0. The van der Waals surface area contributed by atoms with Gasteiger partial charge in [-0.25, -0.2) is 0 Å². The summed E-state index contributed by atoms with van der Waals surface area (Å²) in [6.45, 7) is 4.37. The molecule has 0 bridgehead atoms. The van der Waals surface area contributed by atoms with Crippen LogP contribution in [0.5, 0.6) is 0 Å². The van der Waals surface area contributed by atoms with Crippen molar-refractivity contribution in [2.75, 3.05) is 32.1 Å². The fourth-order valence-corrected chi connectivity index (χ4v) is 4.95. The lowest BCUT2D eigenvalue weighted by molar-refractivity contribution is -0.140. The van der Waals surface area contributed by atoms with E-state index >= 15 is 0 Å². The van der Waals surface area contributed by atoms with Crippen LogP contribution < -0.4 is 0 Å². The Bertz CT molecular complexity index is 583. The van der Waals surface area contributed by atoms with Crippen molar-refractivity contribution in [1.29, 1.82) is 0 Å². The second kappa shape index (κ2) is 9.71. The van der Waals surface area contributed by atoms with Crippen molar-refractivity contribution in [3.63, 3.8) is 0 Å². The van der Waals surface area contributed by atoms with Crippen molar-refractivity contribution in [3.05, 3.63) is 0 Å². The first-order valence-electron chi connectivity index (χ1n) is 9.86. The lowest BCUT2D eigenvalue weighted by Crippen LogP contribution is -2.37. The highest BCUT2D eigenvalue weighted by molar-refractivity contribution is 7.99. The normalized spacial score (nSPS) is 26.0. The third kappa shape index (κ3) is 5.80. The van der Waals surface area contributed by atoms with Gasteiger partial charge in [0.1, 0.15) is 5.78 Å².